The van der Waals surface area contributed by atoms with Gasteiger partial charge in [0.2, 0.25) is 0 Å². The number of anilines is 1. The molecule has 0 spiro atoms. The van der Waals surface area contributed by atoms with Crippen LogP contribution in [0.25, 0.3) is 0 Å². The number of carbonyl (C=O) groups excluding carboxylic acids is 2. The van der Waals surface area contributed by atoms with Gasteiger partial charge < -0.3 is 21.0 Å². The summed E-state index contributed by atoms with van der Waals surface area (Å²) in [5, 5.41) is 6.44. The van der Waals surface area contributed by atoms with Gasteiger partial charge in [-0.1, -0.05) is 11.6 Å². The third-order valence-electron chi connectivity index (χ3n) is 5.51. The van der Waals surface area contributed by atoms with Gasteiger partial charge in [-0.3, -0.25) is 9.59 Å². The number of halogens is 1. The second-order valence-corrected chi connectivity index (χ2v) is 7.46. The molecular formula is C18H22ClN5O2. The number of fused-ring (bicyclic) bond motifs is 1. The first-order valence-electron chi connectivity index (χ1n) is 9.05. The van der Waals surface area contributed by atoms with Gasteiger partial charge in [0, 0.05) is 19.1 Å². The highest BCUT2D eigenvalue weighted by Crippen LogP contribution is 2.34. The molecule has 2 amide bonds. The molecule has 2 saturated heterocycles. The van der Waals surface area contributed by atoms with Crippen molar-refractivity contribution in [3.63, 3.8) is 0 Å². The third kappa shape index (κ3) is 2.85. The molecule has 3 aliphatic rings. The van der Waals surface area contributed by atoms with E-state index in [0.29, 0.717) is 16.8 Å². The molecule has 0 unspecified atom stereocenters. The Hall–Kier alpha value is -2.12. The molecule has 2 fully saturated rings. The van der Waals surface area contributed by atoms with Crippen molar-refractivity contribution < 1.29 is 9.59 Å². The molecule has 3 aliphatic heterocycles. The topological polar surface area (TPSA) is 91.0 Å². The predicted molar refractivity (Wildman–Crippen MR) is 101 cm³/mol. The van der Waals surface area contributed by atoms with E-state index in [-0.39, 0.29) is 22.7 Å². The zero-order valence-corrected chi connectivity index (χ0v) is 15.3. The van der Waals surface area contributed by atoms with E-state index < -0.39 is 5.91 Å². The number of carbonyl (C=O) groups is 2. The van der Waals surface area contributed by atoms with Crippen LogP contribution in [-0.4, -0.2) is 59.5 Å². The van der Waals surface area contributed by atoms with Crippen LogP contribution in [0.2, 0.25) is 5.02 Å². The molecule has 1 aromatic carbocycles. The van der Waals surface area contributed by atoms with Crippen molar-refractivity contribution in [2.24, 2.45) is 10.9 Å². The number of nitrogens with one attached hydrogen (secondary N) is 1. The number of benzene rings is 1. The molecule has 1 aromatic rings. The van der Waals surface area contributed by atoms with Gasteiger partial charge in [-0.25, -0.2) is 0 Å². The number of likely N-dealkylation sites (tertiary alicyclic amines) is 2. The lowest BCUT2D eigenvalue weighted by molar-refractivity contribution is -0.110. The standard InChI is InChI=1S/C18H22ClN5O2/c19-15-12(5-6-13-14(15)16(22-20)17(25)21-13)18(26)24-9-3-4-11(24)10-23-7-1-2-8-23/h5-6,11H,1-4,7-10,20H2,(H,21,22,25)/t11-/m1/s1. The van der Waals surface area contributed by atoms with Crippen LogP contribution < -0.4 is 11.2 Å². The van der Waals surface area contributed by atoms with E-state index in [1.54, 1.807) is 12.1 Å². The van der Waals surface area contributed by atoms with Crippen molar-refractivity contribution >= 4 is 34.8 Å². The van der Waals surface area contributed by atoms with E-state index >= 15 is 0 Å². The van der Waals surface area contributed by atoms with Crippen LogP contribution in [0.1, 0.15) is 41.6 Å². The molecule has 26 heavy (non-hydrogen) atoms. The van der Waals surface area contributed by atoms with Crippen LogP contribution in [0.3, 0.4) is 0 Å². The molecule has 0 radical (unpaired) electrons. The van der Waals surface area contributed by atoms with E-state index in [1.807, 2.05) is 4.90 Å². The largest absolute Gasteiger partial charge is 0.334 e. The van der Waals surface area contributed by atoms with E-state index in [1.165, 1.54) is 12.8 Å². The summed E-state index contributed by atoms with van der Waals surface area (Å²) in [5.41, 5.74) is 1.42. The summed E-state index contributed by atoms with van der Waals surface area (Å²) in [6.45, 7) is 3.88. The quantitative estimate of drug-likeness (QED) is 0.620. The van der Waals surface area contributed by atoms with Gasteiger partial charge in [0.25, 0.3) is 11.8 Å². The van der Waals surface area contributed by atoms with Crippen molar-refractivity contribution in [2.45, 2.75) is 31.7 Å². The molecule has 0 aliphatic carbocycles. The highest BCUT2D eigenvalue weighted by atomic mass is 35.5. The Morgan fingerprint density at radius 1 is 1.27 bits per heavy atom. The number of nitrogens with two attached hydrogens (primary N) is 1. The maximum atomic E-state index is 13.2. The summed E-state index contributed by atoms with van der Waals surface area (Å²) >= 11 is 6.50. The Morgan fingerprint density at radius 3 is 2.77 bits per heavy atom. The molecule has 0 saturated carbocycles. The first-order valence-corrected chi connectivity index (χ1v) is 9.43. The predicted octanol–water partition coefficient (Wildman–Crippen LogP) is 1.66. The lowest BCUT2D eigenvalue weighted by atomic mass is 10.1. The second kappa shape index (κ2) is 6.89. The number of hydrazone groups is 1. The van der Waals surface area contributed by atoms with E-state index in [9.17, 15) is 9.59 Å². The molecular weight excluding hydrogens is 354 g/mol. The van der Waals surface area contributed by atoms with Gasteiger partial charge in [0.15, 0.2) is 5.71 Å². The molecule has 0 aromatic heterocycles. The van der Waals surface area contributed by atoms with Crippen LogP contribution in [0.4, 0.5) is 5.69 Å². The summed E-state index contributed by atoms with van der Waals surface area (Å²) < 4.78 is 0. The summed E-state index contributed by atoms with van der Waals surface area (Å²) in [5.74, 6) is 4.85. The SMILES string of the molecule is N/N=C1\C(=O)Nc2ccc(C(=O)N3CCC[C@@H]3CN3CCCC3)c(Cl)c21. The maximum absolute atomic E-state index is 13.2. The fourth-order valence-corrected chi connectivity index (χ4v) is 4.54. The Bertz CT molecular complexity index is 788. The molecule has 138 valence electrons. The fourth-order valence-electron chi connectivity index (χ4n) is 4.21. The number of hydrogen-bond acceptors (Lipinski definition) is 5. The minimum absolute atomic E-state index is 0.0645. The Labute approximate surface area is 157 Å². The first kappa shape index (κ1) is 17.3. The summed E-state index contributed by atoms with van der Waals surface area (Å²) in [6.07, 6.45) is 4.49. The van der Waals surface area contributed by atoms with Crippen molar-refractivity contribution in [2.75, 3.05) is 31.5 Å². The van der Waals surface area contributed by atoms with E-state index in [0.717, 1.165) is 39.0 Å². The maximum Gasteiger partial charge on any atom is 0.276 e. The minimum atomic E-state index is -0.401. The molecule has 3 heterocycles. The lowest BCUT2D eigenvalue weighted by Crippen LogP contribution is -2.42. The van der Waals surface area contributed by atoms with Crippen LogP contribution in [0, 0.1) is 0 Å². The Kier molecular flexibility index (Phi) is 4.58. The van der Waals surface area contributed by atoms with Crippen LogP contribution in [0.5, 0.6) is 0 Å². The van der Waals surface area contributed by atoms with Gasteiger partial charge >= 0.3 is 0 Å². The van der Waals surface area contributed by atoms with Gasteiger partial charge in [-0.15, -0.1) is 0 Å². The zero-order valence-electron chi connectivity index (χ0n) is 14.5. The molecule has 8 heteroatoms. The van der Waals surface area contributed by atoms with E-state index in [2.05, 4.69) is 15.3 Å². The fraction of sp³-hybridized carbons (Fsp3) is 0.500. The number of rotatable bonds is 3. The highest BCUT2D eigenvalue weighted by molar-refractivity contribution is 6.57. The summed E-state index contributed by atoms with van der Waals surface area (Å²) in [4.78, 5) is 29.4. The molecule has 7 nitrogen and oxygen atoms in total. The summed E-state index contributed by atoms with van der Waals surface area (Å²) in [7, 11) is 0. The molecule has 0 bridgehead atoms. The smallest absolute Gasteiger partial charge is 0.276 e. The average Bonchev–Trinajstić information content (AvgIpc) is 3.35. The monoisotopic (exact) mass is 375 g/mol. The van der Waals surface area contributed by atoms with Gasteiger partial charge in [0.05, 0.1) is 21.8 Å². The Balaban J connectivity index is 1.60. The second-order valence-electron chi connectivity index (χ2n) is 7.08. The van der Waals surface area contributed by atoms with Crippen LogP contribution in [0.15, 0.2) is 17.2 Å². The Morgan fingerprint density at radius 2 is 2.04 bits per heavy atom. The summed E-state index contributed by atoms with van der Waals surface area (Å²) in [6, 6.07) is 3.58. The number of hydrogen-bond donors (Lipinski definition) is 2. The van der Waals surface area contributed by atoms with Crippen molar-refractivity contribution in [3.05, 3.63) is 28.3 Å². The van der Waals surface area contributed by atoms with Gasteiger partial charge in [-0.05, 0) is 50.9 Å². The number of nitrogens with zero attached hydrogens (tertiary/aromatic N) is 3. The highest BCUT2D eigenvalue weighted by Gasteiger charge is 2.35. The van der Waals surface area contributed by atoms with Gasteiger partial charge in [-0.2, -0.15) is 5.10 Å². The first-order chi connectivity index (χ1) is 12.6. The third-order valence-corrected chi connectivity index (χ3v) is 5.90. The van der Waals surface area contributed by atoms with E-state index in [4.69, 9.17) is 17.4 Å². The molecule has 3 N–H and O–H groups in total. The lowest BCUT2D eigenvalue weighted by Gasteiger charge is -2.29. The minimum Gasteiger partial charge on any atom is -0.334 e. The molecule has 1 atom stereocenters. The van der Waals surface area contributed by atoms with Crippen LogP contribution in [-0.2, 0) is 4.79 Å². The van der Waals surface area contributed by atoms with Crippen molar-refractivity contribution in [1.29, 1.82) is 0 Å². The van der Waals surface area contributed by atoms with Gasteiger partial charge in [0.1, 0.15) is 0 Å². The molecule has 4 rings (SSSR count). The average molecular weight is 376 g/mol. The zero-order chi connectivity index (χ0) is 18.3. The van der Waals surface area contributed by atoms with Crippen molar-refractivity contribution in [3.8, 4) is 0 Å². The normalized spacial score (nSPS) is 24.3. The number of amides is 2. The van der Waals surface area contributed by atoms with Crippen molar-refractivity contribution in [1.82, 2.24) is 9.80 Å². The van der Waals surface area contributed by atoms with Crippen LogP contribution >= 0.6 is 11.6 Å².